The fraction of sp³-hybridized carbons (Fsp3) is 0.643. The summed E-state index contributed by atoms with van der Waals surface area (Å²) in [5.74, 6) is -0.884. The van der Waals surface area contributed by atoms with E-state index in [0.717, 1.165) is 17.7 Å². The van der Waals surface area contributed by atoms with Crippen LogP contribution in [0, 0.1) is 19.8 Å². The quantitative estimate of drug-likeness (QED) is 0.888. The minimum Gasteiger partial charge on any atom is -0.480 e. The molecule has 1 aliphatic rings. The Kier molecular flexibility index (Phi) is 4.46. The van der Waals surface area contributed by atoms with E-state index in [1.165, 1.54) is 11.3 Å². The van der Waals surface area contributed by atoms with Crippen molar-refractivity contribution in [3.63, 3.8) is 0 Å². The summed E-state index contributed by atoms with van der Waals surface area (Å²) >= 11 is 1.40. The molecule has 0 amide bonds. The normalized spacial score (nSPS) is 26.7. The second-order valence-electron chi connectivity index (χ2n) is 5.97. The van der Waals surface area contributed by atoms with Crippen LogP contribution in [-0.2, 0) is 14.8 Å². The molecule has 7 heteroatoms. The summed E-state index contributed by atoms with van der Waals surface area (Å²) in [6.45, 7) is 5.54. The van der Waals surface area contributed by atoms with E-state index in [1.54, 1.807) is 13.0 Å². The van der Waals surface area contributed by atoms with Gasteiger partial charge < -0.3 is 5.11 Å². The third-order valence-electron chi connectivity index (χ3n) is 4.02. The van der Waals surface area contributed by atoms with Crippen molar-refractivity contribution >= 4 is 27.3 Å². The molecule has 0 radical (unpaired) electrons. The van der Waals surface area contributed by atoms with Crippen molar-refractivity contribution in [1.29, 1.82) is 0 Å². The zero-order valence-corrected chi connectivity index (χ0v) is 14.1. The first-order chi connectivity index (χ1) is 9.66. The van der Waals surface area contributed by atoms with Gasteiger partial charge in [0.2, 0.25) is 10.0 Å². The van der Waals surface area contributed by atoms with Crippen molar-refractivity contribution in [3.8, 4) is 0 Å². The molecule has 2 rings (SSSR count). The molecule has 1 aromatic heterocycles. The van der Waals surface area contributed by atoms with Crippen molar-refractivity contribution in [3.05, 3.63) is 15.8 Å². The number of carboxylic acid groups (broad SMARTS) is 1. The summed E-state index contributed by atoms with van der Waals surface area (Å²) in [7, 11) is -3.82. The van der Waals surface area contributed by atoms with Crippen LogP contribution >= 0.6 is 11.3 Å². The monoisotopic (exact) mass is 331 g/mol. The highest BCUT2D eigenvalue weighted by Crippen LogP contribution is 2.35. The molecular formula is C14H21NO4S2. The van der Waals surface area contributed by atoms with Gasteiger partial charge in [-0.2, -0.15) is 4.72 Å². The molecule has 1 saturated carbocycles. The second kappa shape index (κ2) is 5.70. The predicted octanol–water partition coefficient (Wildman–Crippen LogP) is 2.68. The minimum absolute atomic E-state index is 0.197. The Labute approximate surface area is 129 Å². The predicted molar refractivity (Wildman–Crippen MR) is 82.1 cm³/mol. The standard InChI is InChI=1S/C14H21NO4S2/c1-9-5-4-6-14(8-9,13(16)17)15-21(18,19)12-7-10(2)20-11(12)3/h7,9,15H,4-6,8H2,1-3H3,(H,16,17). The summed E-state index contributed by atoms with van der Waals surface area (Å²) in [6, 6.07) is 1.60. The first kappa shape index (κ1) is 16.5. The van der Waals surface area contributed by atoms with E-state index in [-0.39, 0.29) is 10.8 Å². The lowest BCUT2D eigenvalue weighted by Gasteiger charge is -2.36. The van der Waals surface area contributed by atoms with E-state index in [1.807, 2.05) is 13.8 Å². The van der Waals surface area contributed by atoms with Crippen LogP contribution in [0.5, 0.6) is 0 Å². The van der Waals surface area contributed by atoms with E-state index in [4.69, 9.17) is 0 Å². The third kappa shape index (κ3) is 3.30. The third-order valence-corrected chi connectivity index (χ3v) is 6.78. The van der Waals surface area contributed by atoms with Gasteiger partial charge in [0, 0.05) is 9.75 Å². The summed E-state index contributed by atoms with van der Waals surface area (Å²) in [4.78, 5) is 13.5. The number of thiophene rings is 1. The molecule has 1 heterocycles. The van der Waals surface area contributed by atoms with Gasteiger partial charge in [0.15, 0.2) is 0 Å². The first-order valence-corrected chi connectivity index (χ1v) is 9.31. The number of rotatable bonds is 4. The number of nitrogens with one attached hydrogen (secondary N) is 1. The Morgan fingerprint density at radius 3 is 2.62 bits per heavy atom. The maximum absolute atomic E-state index is 12.6. The molecule has 0 spiro atoms. The molecule has 0 aromatic carbocycles. The molecular weight excluding hydrogens is 310 g/mol. The van der Waals surface area contributed by atoms with E-state index < -0.39 is 21.5 Å². The second-order valence-corrected chi connectivity index (χ2v) is 9.08. The average molecular weight is 331 g/mol. The summed E-state index contributed by atoms with van der Waals surface area (Å²) in [5, 5.41) is 9.57. The molecule has 1 aromatic rings. The maximum atomic E-state index is 12.6. The number of hydrogen-bond acceptors (Lipinski definition) is 4. The Bertz CT molecular complexity index is 650. The van der Waals surface area contributed by atoms with Crippen molar-refractivity contribution < 1.29 is 18.3 Å². The molecule has 2 unspecified atom stereocenters. The molecule has 1 aliphatic carbocycles. The van der Waals surface area contributed by atoms with Crippen LogP contribution in [0.1, 0.15) is 42.4 Å². The van der Waals surface area contributed by atoms with Crippen LogP contribution in [0.3, 0.4) is 0 Å². The Morgan fingerprint density at radius 2 is 2.14 bits per heavy atom. The SMILES string of the molecule is Cc1cc(S(=O)(=O)NC2(C(=O)O)CCCC(C)C2)c(C)s1. The highest BCUT2D eigenvalue weighted by Gasteiger charge is 2.45. The largest absolute Gasteiger partial charge is 0.480 e. The van der Waals surface area contributed by atoms with Gasteiger partial charge in [-0.1, -0.05) is 19.8 Å². The van der Waals surface area contributed by atoms with Gasteiger partial charge >= 0.3 is 5.97 Å². The van der Waals surface area contributed by atoms with Crippen molar-refractivity contribution in [2.75, 3.05) is 0 Å². The molecule has 0 bridgehead atoms. The van der Waals surface area contributed by atoms with Crippen molar-refractivity contribution in [2.45, 2.75) is 56.9 Å². The molecule has 2 N–H and O–H groups in total. The minimum atomic E-state index is -3.82. The van der Waals surface area contributed by atoms with Gasteiger partial charge in [0.1, 0.15) is 5.54 Å². The first-order valence-electron chi connectivity index (χ1n) is 7.01. The molecule has 2 atom stereocenters. The van der Waals surface area contributed by atoms with Gasteiger partial charge in [-0.05, 0) is 38.7 Å². The zero-order chi connectivity index (χ0) is 15.8. The van der Waals surface area contributed by atoms with E-state index >= 15 is 0 Å². The molecule has 1 fully saturated rings. The van der Waals surface area contributed by atoms with E-state index in [9.17, 15) is 18.3 Å². The van der Waals surface area contributed by atoms with Gasteiger partial charge in [0.05, 0.1) is 4.90 Å². The van der Waals surface area contributed by atoms with Crippen LogP contribution in [0.2, 0.25) is 0 Å². The summed E-state index contributed by atoms with van der Waals surface area (Å²) < 4.78 is 27.7. The maximum Gasteiger partial charge on any atom is 0.324 e. The van der Waals surface area contributed by atoms with E-state index in [0.29, 0.717) is 17.7 Å². The smallest absolute Gasteiger partial charge is 0.324 e. The molecule has 21 heavy (non-hydrogen) atoms. The summed E-state index contributed by atoms with van der Waals surface area (Å²) in [6.07, 6.45) is 2.34. The number of hydrogen-bond donors (Lipinski definition) is 2. The Balaban J connectivity index is 2.36. The van der Waals surface area contributed by atoms with Gasteiger partial charge in [-0.15, -0.1) is 11.3 Å². The van der Waals surface area contributed by atoms with Crippen LogP contribution in [-0.4, -0.2) is 25.0 Å². The number of aliphatic carboxylic acids is 1. The fourth-order valence-electron chi connectivity index (χ4n) is 3.07. The lowest BCUT2D eigenvalue weighted by atomic mass is 9.77. The molecule has 0 aliphatic heterocycles. The number of sulfonamides is 1. The lowest BCUT2D eigenvalue weighted by Crippen LogP contribution is -2.56. The highest BCUT2D eigenvalue weighted by atomic mass is 32.2. The van der Waals surface area contributed by atoms with Crippen LogP contribution in [0.15, 0.2) is 11.0 Å². The van der Waals surface area contributed by atoms with Gasteiger partial charge in [-0.25, -0.2) is 8.42 Å². The number of aryl methyl sites for hydroxylation is 2. The number of carbonyl (C=O) groups is 1. The van der Waals surface area contributed by atoms with E-state index in [2.05, 4.69) is 4.72 Å². The highest BCUT2D eigenvalue weighted by molar-refractivity contribution is 7.89. The Hall–Kier alpha value is -0.920. The number of carboxylic acids is 1. The average Bonchev–Trinajstić information content (AvgIpc) is 2.68. The Morgan fingerprint density at radius 1 is 1.48 bits per heavy atom. The van der Waals surface area contributed by atoms with Crippen LogP contribution < -0.4 is 4.72 Å². The topological polar surface area (TPSA) is 83.5 Å². The zero-order valence-electron chi connectivity index (χ0n) is 12.5. The molecule has 118 valence electrons. The molecule has 0 saturated heterocycles. The van der Waals surface area contributed by atoms with Crippen molar-refractivity contribution in [2.24, 2.45) is 5.92 Å². The van der Waals surface area contributed by atoms with Crippen molar-refractivity contribution in [1.82, 2.24) is 4.72 Å². The lowest BCUT2D eigenvalue weighted by molar-refractivity contribution is -0.146. The van der Waals surface area contributed by atoms with Crippen LogP contribution in [0.4, 0.5) is 0 Å². The van der Waals surface area contributed by atoms with Gasteiger partial charge in [-0.3, -0.25) is 4.79 Å². The van der Waals surface area contributed by atoms with Crippen LogP contribution in [0.25, 0.3) is 0 Å². The van der Waals surface area contributed by atoms with Gasteiger partial charge in [0.25, 0.3) is 0 Å². The molecule has 5 nitrogen and oxygen atoms in total. The summed E-state index contributed by atoms with van der Waals surface area (Å²) in [5.41, 5.74) is -1.38. The fourth-order valence-corrected chi connectivity index (χ4v) is 6.02.